The Morgan fingerprint density at radius 2 is 1.45 bits per heavy atom. The van der Waals surface area contributed by atoms with Crippen LogP contribution in [0, 0.1) is 0 Å². The zero-order chi connectivity index (χ0) is 20.3. The normalized spacial score (nSPS) is 13.0. The molecule has 1 heterocycles. The van der Waals surface area contributed by atoms with Gasteiger partial charge in [-0.1, -0.05) is 76.6 Å². The fraction of sp³-hybridized carbons (Fsp3) is 0.174. The molecule has 4 rings (SSSR count). The van der Waals surface area contributed by atoms with E-state index in [1.54, 1.807) is 60.7 Å². The lowest BCUT2D eigenvalue weighted by atomic mass is 9.86. The minimum absolute atomic E-state index is 0.0297. The fourth-order valence-corrected chi connectivity index (χ4v) is 3.66. The number of hydrogen-bond acceptors (Lipinski definition) is 5. The number of rotatable bonds is 5. The van der Waals surface area contributed by atoms with Gasteiger partial charge in [-0.3, -0.25) is 0 Å². The van der Waals surface area contributed by atoms with Crippen LogP contribution in [-0.4, -0.2) is 24.3 Å². The number of hydrogen-bond donors (Lipinski definition) is 1. The molecule has 148 valence electrons. The number of esters is 1. The molecule has 0 saturated heterocycles. The van der Waals surface area contributed by atoms with Gasteiger partial charge in [0.1, 0.15) is 19.8 Å². The number of fused-ring (bicyclic) bond motifs is 1. The van der Waals surface area contributed by atoms with Crippen molar-refractivity contribution in [3.8, 4) is 11.5 Å². The Morgan fingerprint density at radius 1 is 0.931 bits per heavy atom. The lowest BCUT2D eigenvalue weighted by molar-refractivity contribution is -0.163. The van der Waals surface area contributed by atoms with Crippen LogP contribution >= 0.6 is 15.9 Å². The van der Waals surface area contributed by atoms with E-state index in [-0.39, 0.29) is 6.61 Å². The average Bonchev–Trinajstić information content (AvgIpc) is 2.78. The number of halogens is 1. The maximum atomic E-state index is 13.1. The number of benzene rings is 3. The standard InChI is InChI=1S/C23H19BrO5/c24-19-14-21-20(27-11-12-28-21)13-16(19)15-29-22(25)23(26,17-7-3-1-4-8-17)18-9-5-2-6-10-18/h1-10,13-14,26H,11-12,15H2. The van der Waals surface area contributed by atoms with E-state index in [2.05, 4.69) is 15.9 Å². The zero-order valence-corrected chi connectivity index (χ0v) is 17.1. The van der Waals surface area contributed by atoms with Crippen molar-refractivity contribution in [2.45, 2.75) is 12.2 Å². The summed E-state index contributed by atoms with van der Waals surface area (Å²) in [6.07, 6.45) is 0. The summed E-state index contributed by atoms with van der Waals surface area (Å²) >= 11 is 3.48. The van der Waals surface area contributed by atoms with Crippen LogP contribution in [0.4, 0.5) is 0 Å². The van der Waals surface area contributed by atoms with E-state index in [0.29, 0.717) is 41.4 Å². The Morgan fingerprint density at radius 3 is 2.00 bits per heavy atom. The largest absolute Gasteiger partial charge is 0.486 e. The first kappa shape index (κ1) is 19.5. The van der Waals surface area contributed by atoms with Gasteiger partial charge < -0.3 is 19.3 Å². The maximum absolute atomic E-state index is 13.1. The van der Waals surface area contributed by atoms with Crippen molar-refractivity contribution < 1.29 is 24.1 Å². The van der Waals surface area contributed by atoms with E-state index in [4.69, 9.17) is 14.2 Å². The molecule has 3 aromatic carbocycles. The van der Waals surface area contributed by atoms with Crippen LogP contribution in [0.1, 0.15) is 16.7 Å². The van der Waals surface area contributed by atoms with E-state index in [0.717, 1.165) is 4.47 Å². The Balaban J connectivity index is 1.61. The summed E-state index contributed by atoms with van der Waals surface area (Å²) in [7, 11) is 0. The number of carbonyl (C=O) groups excluding carboxylic acids is 1. The second-order valence-corrected chi connectivity index (χ2v) is 7.46. The summed E-state index contributed by atoms with van der Waals surface area (Å²) in [5, 5.41) is 11.4. The van der Waals surface area contributed by atoms with Gasteiger partial charge in [0.05, 0.1) is 0 Å². The molecular weight excluding hydrogens is 436 g/mol. The number of ether oxygens (including phenoxy) is 3. The second-order valence-electron chi connectivity index (χ2n) is 6.61. The smallest absolute Gasteiger partial charge is 0.348 e. The zero-order valence-electron chi connectivity index (χ0n) is 15.5. The van der Waals surface area contributed by atoms with Gasteiger partial charge in [0.15, 0.2) is 11.5 Å². The minimum atomic E-state index is -1.91. The van der Waals surface area contributed by atoms with Gasteiger partial charge in [-0.2, -0.15) is 0 Å². The summed E-state index contributed by atoms with van der Waals surface area (Å²) in [5.41, 5.74) is -0.316. The van der Waals surface area contributed by atoms with Crippen molar-refractivity contribution in [3.63, 3.8) is 0 Å². The van der Waals surface area contributed by atoms with E-state index < -0.39 is 11.6 Å². The van der Waals surface area contributed by atoms with Crippen molar-refractivity contribution in [3.05, 3.63) is 94.0 Å². The SMILES string of the molecule is O=C(OCc1cc2c(cc1Br)OCCO2)C(O)(c1ccccc1)c1ccccc1. The molecule has 0 saturated carbocycles. The molecule has 0 fully saturated rings. The number of carbonyl (C=O) groups is 1. The molecule has 0 aliphatic carbocycles. The van der Waals surface area contributed by atoms with Crippen molar-refractivity contribution in [2.24, 2.45) is 0 Å². The van der Waals surface area contributed by atoms with Crippen molar-refractivity contribution >= 4 is 21.9 Å². The van der Waals surface area contributed by atoms with E-state index in [9.17, 15) is 9.90 Å². The molecule has 0 aromatic heterocycles. The van der Waals surface area contributed by atoms with Crippen LogP contribution in [0.5, 0.6) is 11.5 Å². The van der Waals surface area contributed by atoms with Crippen molar-refractivity contribution in [1.82, 2.24) is 0 Å². The van der Waals surface area contributed by atoms with Crippen LogP contribution < -0.4 is 9.47 Å². The van der Waals surface area contributed by atoms with Gasteiger partial charge in [-0.25, -0.2) is 4.79 Å². The van der Waals surface area contributed by atoms with Crippen LogP contribution in [0.15, 0.2) is 77.3 Å². The molecule has 0 spiro atoms. The molecule has 1 aliphatic heterocycles. The molecule has 0 unspecified atom stereocenters. The van der Waals surface area contributed by atoms with Crippen LogP contribution in [-0.2, 0) is 21.7 Å². The Hall–Kier alpha value is -2.83. The lowest BCUT2D eigenvalue weighted by Gasteiger charge is -2.27. The highest BCUT2D eigenvalue weighted by Crippen LogP contribution is 2.36. The molecule has 0 amide bonds. The third-order valence-electron chi connectivity index (χ3n) is 4.75. The van der Waals surface area contributed by atoms with Gasteiger partial charge in [0.25, 0.3) is 0 Å². The highest BCUT2D eigenvalue weighted by Gasteiger charge is 2.41. The van der Waals surface area contributed by atoms with Crippen LogP contribution in [0.2, 0.25) is 0 Å². The topological polar surface area (TPSA) is 65.0 Å². The molecule has 0 atom stereocenters. The Bertz CT molecular complexity index is 965. The van der Waals surface area contributed by atoms with Gasteiger partial charge in [0.2, 0.25) is 5.60 Å². The first-order chi connectivity index (χ1) is 14.1. The van der Waals surface area contributed by atoms with Crippen molar-refractivity contribution in [1.29, 1.82) is 0 Å². The Labute approximate surface area is 177 Å². The monoisotopic (exact) mass is 454 g/mol. The average molecular weight is 455 g/mol. The predicted octanol–water partition coefficient (Wildman–Crippen LogP) is 4.20. The first-order valence-corrected chi connectivity index (χ1v) is 9.97. The van der Waals surface area contributed by atoms with Gasteiger partial charge in [-0.05, 0) is 23.3 Å². The summed E-state index contributed by atoms with van der Waals surface area (Å²) in [5.74, 6) is 0.492. The highest BCUT2D eigenvalue weighted by atomic mass is 79.9. The molecule has 1 aliphatic rings. The fourth-order valence-electron chi connectivity index (χ4n) is 3.23. The first-order valence-electron chi connectivity index (χ1n) is 9.17. The minimum Gasteiger partial charge on any atom is -0.486 e. The van der Waals surface area contributed by atoms with E-state index in [1.807, 2.05) is 12.1 Å². The van der Waals surface area contributed by atoms with Crippen molar-refractivity contribution in [2.75, 3.05) is 13.2 Å². The quantitative estimate of drug-likeness (QED) is 0.585. The molecule has 5 nitrogen and oxygen atoms in total. The molecule has 0 radical (unpaired) electrons. The van der Waals surface area contributed by atoms with Gasteiger partial charge >= 0.3 is 5.97 Å². The summed E-state index contributed by atoms with van der Waals surface area (Å²) in [6, 6.07) is 21.1. The van der Waals surface area contributed by atoms with E-state index >= 15 is 0 Å². The summed E-state index contributed by atoms with van der Waals surface area (Å²) in [4.78, 5) is 13.1. The maximum Gasteiger partial charge on any atom is 0.348 e. The van der Waals surface area contributed by atoms with Crippen LogP contribution in [0.25, 0.3) is 0 Å². The molecule has 0 bridgehead atoms. The van der Waals surface area contributed by atoms with E-state index in [1.165, 1.54) is 0 Å². The highest BCUT2D eigenvalue weighted by molar-refractivity contribution is 9.10. The second kappa shape index (κ2) is 8.27. The Kier molecular flexibility index (Phi) is 5.56. The predicted molar refractivity (Wildman–Crippen MR) is 111 cm³/mol. The van der Waals surface area contributed by atoms with Crippen LogP contribution in [0.3, 0.4) is 0 Å². The third kappa shape index (κ3) is 3.86. The third-order valence-corrected chi connectivity index (χ3v) is 5.49. The summed E-state index contributed by atoms with van der Waals surface area (Å²) in [6.45, 7) is 0.933. The summed E-state index contributed by atoms with van der Waals surface area (Å²) < 4.78 is 17.4. The molecule has 6 heteroatoms. The number of aliphatic hydroxyl groups is 1. The molecule has 1 N–H and O–H groups in total. The van der Waals surface area contributed by atoms with Gasteiger partial charge in [-0.15, -0.1) is 0 Å². The molecule has 29 heavy (non-hydrogen) atoms. The van der Waals surface area contributed by atoms with Gasteiger partial charge in [0, 0.05) is 10.0 Å². The molecular formula is C23H19BrO5. The molecule has 3 aromatic rings. The lowest BCUT2D eigenvalue weighted by Crippen LogP contribution is -2.38.